The van der Waals surface area contributed by atoms with Crippen LogP contribution in [0.3, 0.4) is 0 Å². The third-order valence-electron chi connectivity index (χ3n) is 3.01. The van der Waals surface area contributed by atoms with Gasteiger partial charge in [0.2, 0.25) is 16.0 Å². The summed E-state index contributed by atoms with van der Waals surface area (Å²) in [4.78, 5) is 7.30. The molecule has 2 N–H and O–H groups in total. The Kier molecular flexibility index (Phi) is 3.92. The summed E-state index contributed by atoms with van der Waals surface area (Å²) in [6.07, 6.45) is 3.05. The predicted octanol–water partition coefficient (Wildman–Crippen LogP) is 1.63. The Morgan fingerprint density at radius 1 is 1.35 bits per heavy atom. The molecule has 108 valence electrons. The van der Waals surface area contributed by atoms with Crippen molar-refractivity contribution in [1.29, 1.82) is 0 Å². The third-order valence-corrected chi connectivity index (χ3v) is 4.17. The van der Waals surface area contributed by atoms with Crippen molar-refractivity contribution in [2.24, 2.45) is 4.99 Å². The van der Waals surface area contributed by atoms with Crippen LogP contribution in [0, 0.1) is 0 Å². The molecule has 0 saturated heterocycles. The summed E-state index contributed by atoms with van der Waals surface area (Å²) in [6, 6.07) is 7.78. The van der Waals surface area contributed by atoms with Crippen LogP contribution in [0.5, 0.6) is 0 Å². The molecule has 0 radical (unpaired) electrons. The Bertz CT molecular complexity index is 754. The minimum Gasteiger partial charge on any atom is -0.361 e. The molecule has 2 heterocycles. The molecular weight excluding hydrogens is 300 g/mol. The van der Waals surface area contributed by atoms with Crippen molar-refractivity contribution in [3.8, 4) is 0 Å². The first-order chi connectivity index (χ1) is 9.04. The van der Waals surface area contributed by atoms with Gasteiger partial charge >= 0.3 is 0 Å². The van der Waals surface area contributed by atoms with E-state index in [2.05, 4.69) is 15.3 Å². The molecule has 20 heavy (non-hydrogen) atoms. The normalized spacial score (nSPS) is 15.1. The van der Waals surface area contributed by atoms with Crippen molar-refractivity contribution in [1.82, 2.24) is 9.29 Å². The van der Waals surface area contributed by atoms with Gasteiger partial charge in [0.1, 0.15) is 0 Å². The second-order valence-corrected chi connectivity index (χ2v) is 6.35. The standard InChI is InChI=1S/C12H14N4O2S.ClH/c1-19(17,18)16-7-6-14-12(16)15-10-3-2-9-4-5-13-11(9)8-10;/h2-5,8,13H,6-7H2,1H3,(H,14,15);1H. The Morgan fingerprint density at radius 3 is 2.90 bits per heavy atom. The Labute approximate surface area is 123 Å². The molecule has 0 fully saturated rings. The highest BCUT2D eigenvalue weighted by molar-refractivity contribution is 7.88. The van der Waals surface area contributed by atoms with Crippen LogP contribution in [0.15, 0.2) is 35.5 Å². The number of aromatic amines is 1. The third kappa shape index (κ3) is 2.73. The topological polar surface area (TPSA) is 77.6 Å². The van der Waals surface area contributed by atoms with Gasteiger partial charge in [0.25, 0.3) is 0 Å². The van der Waals surface area contributed by atoms with E-state index in [0.717, 1.165) is 16.6 Å². The van der Waals surface area contributed by atoms with E-state index in [1.54, 1.807) is 0 Å². The first-order valence-corrected chi connectivity index (χ1v) is 7.75. The van der Waals surface area contributed by atoms with Gasteiger partial charge in [-0.15, -0.1) is 12.4 Å². The lowest BCUT2D eigenvalue weighted by molar-refractivity contribution is 0.544. The largest absolute Gasteiger partial charge is 0.361 e. The molecule has 0 unspecified atom stereocenters. The number of halogens is 1. The highest BCUT2D eigenvalue weighted by Crippen LogP contribution is 2.19. The number of sulfonamides is 1. The van der Waals surface area contributed by atoms with Gasteiger partial charge in [-0.3, -0.25) is 4.99 Å². The number of hydrogen-bond acceptors (Lipinski definition) is 4. The van der Waals surface area contributed by atoms with E-state index in [9.17, 15) is 8.42 Å². The fourth-order valence-electron chi connectivity index (χ4n) is 2.11. The average Bonchev–Trinajstić information content (AvgIpc) is 2.95. The van der Waals surface area contributed by atoms with Crippen molar-refractivity contribution in [2.45, 2.75) is 0 Å². The molecule has 1 aromatic carbocycles. The number of nitrogens with zero attached hydrogens (tertiary/aromatic N) is 2. The SMILES string of the molecule is CS(=O)(=O)N1CCN=C1Nc1ccc2cc[nH]c2c1.Cl. The first-order valence-electron chi connectivity index (χ1n) is 5.90. The van der Waals surface area contributed by atoms with Gasteiger partial charge in [-0.05, 0) is 23.6 Å². The van der Waals surface area contributed by atoms with E-state index >= 15 is 0 Å². The molecule has 1 aliphatic heterocycles. The minimum atomic E-state index is -3.27. The van der Waals surface area contributed by atoms with Crippen LogP contribution in [-0.4, -0.2) is 43.0 Å². The van der Waals surface area contributed by atoms with Crippen LogP contribution in [0.1, 0.15) is 0 Å². The highest BCUT2D eigenvalue weighted by atomic mass is 35.5. The molecule has 0 bridgehead atoms. The summed E-state index contributed by atoms with van der Waals surface area (Å²) < 4.78 is 24.5. The molecule has 1 aliphatic rings. The zero-order chi connectivity index (χ0) is 13.5. The monoisotopic (exact) mass is 314 g/mol. The fraction of sp³-hybridized carbons (Fsp3) is 0.250. The molecule has 8 heteroatoms. The van der Waals surface area contributed by atoms with E-state index in [1.165, 1.54) is 10.6 Å². The number of guanidine groups is 1. The number of fused-ring (bicyclic) bond motifs is 1. The van der Waals surface area contributed by atoms with Gasteiger partial charge in [-0.25, -0.2) is 12.7 Å². The van der Waals surface area contributed by atoms with E-state index < -0.39 is 10.0 Å². The smallest absolute Gasteiger partial charge is 0.234 e. The summed E-state index contributed by atoms with van der Waals surface area (Å²) in [7, 11) is -3.27. The van der Waals surface area contributed by atoms with Crippen molar-refractivity contribution in [3.05, 3.63) is 30.5 Å². The maximum absolute atomic E-state index is 11.6. The Balaban J connectivity index is 0.00000147. The summed E-state index contributed by atoms with van der Waals surface area (Å²) in [5.74, 6) is 0.383. The molecule has 0 amide bonds. The summed E-state index contributed by atoms with van der Waals surface area (Å²) in [6.45, 7) is 0.881. The number of aromatic nitrogens is 1. The van der Waals surface area contributed by atoms with Crippen LogP contribution in [0.25, 0.3) is 10.9 Å². The van der Waals surface area contributed by atoms with Crippen molar-refractivity contribution in [2.75, 3.05) is 24.7 Å². The molecule has 0 atom stereocenters. The second kappa shape index (κ2) is 5.34. The molecule has 6 nitrogen and oxygen atoms in total. The number of anilines is 1. The van der Waals surface area contributed by atoms with Crippen molar-refractivity contribution in [3.63, 3.8) is 0 Å². The first kappa shape index (κ1) is 14.7. The van der Waals surface area contributed by atoms with Gasteiger partial charge in [0.05, 0.1) is 19.3 Å². The van der Waals surface area contributed by atoms with Gasteiger partial charge in [-0.2, -0.15) is 0 Å². The Morgan fingerprint density at radius 2 is 2.15 bits per heavy atom. The van der Waals surface area contributed by atoms with Gasteiger partial charge in [-0.1, -0.05) is 6.07 Å². The van der Waals surface area contributed by atoms with Gasteiger partial charge in [0.15, 0.2) is 0 Å². The minimum absolute atomic E-state index is 0. The lowest BCUT2D eigenvalue weighted by atomic mass is 10.2. The van der Waals surface area contributed by atoms with Crippen LogP contribution in [0.4, 0.5) is 5.69 Å². The molecule has 0 aliphatic carbocycles. The number of aliphatic imine (C=N–C) groups is 1. The quantitative estimate of drug-likeness (QED) is 0.884. The number of rotatable bonds is 2. The zero-order valence-corrected chi connectivity index (χ0v) is 12.5. The second-order valence-electron chi connectivity index (χ2n) is 4.45. The molecular formula is C12H15ClN4O2S. The number of H-pyrrole nitrogens is 1. The van der Waals surface area contributed by atoms with Gasteiger partial charge in [0, 0.05) is 17.4 Å². The van der Waals surface area contributed by atoms with E-state index in [-0.39, 0.29) is 12.4 Å². The number of benzene rings is 1. The molecule has 2 aromatic rings. The lowest BCUT2D eigenvalue weighted by Gasteiger charge is -2.18. The van der Waals surface area contributed by atoms with E-state index in [4.69, 9.17) is 0 Å². The maximum atomic E-state index is 11.6. The van der Waals surface area contributed by atoms with E-state index in [1.807, 2.05) is 30.5 Å². The summed E-state index contributed by atoms with van der Waals surface area (Å²) in [5, 5.41) is 4.17. The predicted molar refractivity (Wildman–Crippen MR) is 83.0 cm³/mol. The number of hydrogen-bond donors (Lipinski definition) is 2. The van der Waals surface area contributed by atoms with E-state index in [0.29, 0.717) is 19.0 Å². The molecule has 0 spiro atoms. The van der Waals surface area contributed by atoms with Crippen LogP contribution in [0.2, 0.25) is 0 Å². The highest BCUT2D eigenvalue weighted by Gasteiger charge is 2.25. The van der Waals surface area contributed by atoms with Crippen LogP contribution >= 0.6 is 12.4 Å². The summed E-state index contributed by atoms with van der Waals surface area (Å²) >= 11 is 0. The lowest BCUT2D eigenvalue weighted by Crippen LogP contribution is -2.37. The zero-order valence-electron chi connectivity index (χ0n) is 10.8. The van der Waals surface area contributed by atoms with Gasteiger partial charge < -0.3 is 10.3 Å². The average molecular weight is 315 g/mol. The summed E-state index contributed by atoms with van der Waals surface area (Å²) in [5.41, 5.74) is 1.80. The maximum Gasteiger partial charge on any atom is 0.234 e. The van der Waals surface area contributed by atoms with Crippen LogP contribution < -0.4 is 5.32 Å². The van der Waals surface area contributed by atoms with Crippen molar-refractivity contribution >= 4 is 45.0 Å². The van der Waals surface area contributed by atoms with Crippen molar-refractivity contribution < 1.29 is 8.42 Å². The Hall–Kier alpha value is -1.73. The fourth-order valence-corrected chi connectivity index (χ4v) is 2.94. The molecule has 3 rings (SSSR count). The number of nitrogens with one attached hydrogen (secondary N) is 2. The molecule has 1 aromatic heterocycles. The van der Waals surface area contributed by atoms with Crippen LogP contribution in [-0.2, 0) is 10.0 Å². The molecule has 0 saturated carbocycles.